The first-order valence-corrected chi connectivity index (χ1v) is 5.93. The second kappa shape index (κ2) is 5.29. The van der Waals surface area contributed by atoms with Gasteiger partial charge in [-0.1, -0.05) is 24.3 Å². The fraction of sp³-hybridized carbons (Fsp3) is 0.133. The number of nitrogens with zero attached hydrogens (tertiary/aromatic N) is 2. The molecule has 0 aliphatic carbocycles. The molecule has 1 heterocycles. The summed E-state index contributed by atoms with van der Waals surface area (Å²) in [5.41, 5.74) is 8.61. The van der Waals surface area contributed by atoms with Crippen LogP contribution in [0, 0.1) is 29.6 Å². The molecule has 0 amide bonds. The van der Waals surface area contributed by atoms with Crippen molar-refractivity contribution in [3.05, 3.63) is 41.0 Å². The van der Waals surface area contributed by atoms with Crippen LogP contribution in [0.15, 0.2) is 24.3 Å². The largest absolute Gasteiger partial charge is 0.465 e. The van der Waals surface area contributed by atoms with E-state index in [0.29, 0.717) is 5.56 Å². The summed E-state index contributed by atoms with van der Waals surface area (Å²) in [6.45, 7) is 1.91. The van der Waals surface area contributed by atoms with Gasteiger partial charge in [-0.15, -0.1) is 0 Å². The van der Waals surface area contributed by atoms with Crippen molar-refractivity contribution in [3.63, 3.8) is 0 Å². The summed E-state index contributed by atoms with van der Waals surface area (Å²) < 4.78 is 5.15. The Hall–Kier alpha value is -3.05. The van der Waals surface area contributed by atoms with Crippen LogP contribution in [-0.2, 0) is 0 Å². The third kappa shape index (κ3) is 2.02. The minimum absolute atomic E-state index is 0.182. The first-order chi connectivity index (χ1) is 9.63. The fourth-order valence-electron chi connectivity index (χ4n) is 2.12. The average molecular weight is 265 g/mol. The Balaban J connectivity index is 2.94. The minimum Gasteiger partial charge on any atom is -0.465 e. The highest BCUT2D eigenvalue weighted by molar-refractivity contribution is 5.82. The van der Waals surface area contributed by atoms with E-state index < -0.39 is 0 Å². The van der Waals surface area contributed by atoms with Gasteiger partial charge in [-0.2, -0.15) is 10.5 Å². The van der Waals surface area contributed by atoms with Crippen molar-refractivity contribution in [1.82, 2.24) is 0 Å². The highest BCUT2D eigenvalue weighted by atomic mass is 16.5. The van der Waals surface area contributed by atoms with Gasteiger partial charge in [0.1, 0.15) is 17.7 Å². The van der Waals surface area contributed by atoms with E-state index in [-0.39, 0.29) is 22.8 Å². The maximum absolute atomic E-state index is 9.39. The van der Waals surface area contributed by atoms with E-state index >= 15 is 0 Å². The Morgan fingerprint density at radius 3 is 2.35 bits per heavy atom. The summed E-state index contributed by atoms with van der Waals surface area (Å²) >= 11 is 0. The number of nitrogens with one attached hydrogen (secondary N) is 1. The number of anilines is 1. The number of nitrogens with two attached hydrogens (primary N) is 1. The zero-order valence-corrected chi connectivity index (χ0v) is 11.2. The van der Waals surface area contributed by atoms with Crippen LogP contribution in [0.1, 0.15) is 16.7 Å². The Morgan fingerprint density at radius 2 is 1.80 bits per heavy atom. The number of hydrogen-bond acceptors (Lipinski definition) is 4. The monoisotopic (exact) mass is 265 g/mol. The Kier molecular flexibility index (Phi) is 3.54. The first-order valence-electron chi connectivity index (χ1n) is 5.93. The molecule has 0 fully saturated rings. The van der Waals surface area contributed by atoms with Crippen molar-refractivity contribution in [1.29, 1.82) is 10.5 Å². The molecule has 0 aliphatic heterocycles. The summed E-state index contributed by atoms with van der Waals surface area (Å²) in [6.07, 6.45) is 0. The van der Waals surface area contributed by atoms with Crippen LogP contribution >= 0.6 is 0 Å². The topological polar surface area (TPSA) is 97.0 Å². The van der Waals surface area contributed by atoms with E-state index in [1.165, 1.54) is 7.11 Å². The molecule has 5 nitrogen and oxygen atoms in total. The molecular weight excluding hydrogens is 252 g/mol. The van der Waals surface area contributed by atoms with Gasteiger partial charge in [0.25, 0.3) is 5.82 Å². The number of H-pyrrole nitrogens is 1. The van der Waals surface area contributed by atoms with Crippen LogP contribution in [-0.4, -0.2) is 7.11 Å². The molecule has 5 heteroatoms. The van der Waals surface area contributed by atoms with Crippen LogP contribution in [0.25, 0.3) is 11.1 Å². The molecule has 2 rings (SSSR count). The lowest BCUT2D eigenvalue weighted by Crippen LogP contribution is -2.18. The summed E-state index contributed by atoms with van der Waals surface area (Å²) in [4.78, 5) is 2.74. The van der Waals surface area contributed by atoms with Crippen molar-refractivity contribution in [3.8, 4) is 29.1 Å². The van der Waals surface area contributed by atoms with E-state index in [0.717, 1.165) is 11.1 Å². The minimum atomic E-state index is 0.182. The number of aromatic nitrogens is 1. The van der Waals surface area contributed by atoms with Gasteiger partial charge in [-0.3, -0.25) is 5.73 Å². The molecule has 98 valence electrons. The number of benzene rings is 1. The highest BCUT2D eigenvalue weighted by Gasteiger charge is 2.24. The van der Waals surface area contributed by atoms with E-state index in [1.54, 1.807) is 0 Å². The van der Waals surface area contributed by atoms with Crippen molar-refractivity contribution in [2.75, 3.05) is 12.8 Å². The molecule has 1 aromatic carbocycles. The van der Waals surface area contributed by atoms with Crippen molar-refractivity contribution in [2.45, 2.75) is 6.92 Å². The third-order valence-corrected chi connectivity index (χ3v) is 3.09. The van der Waals surface area contributed by atoms with Crippen LogP contribution in [0.4, 0.5) is 5.82 Å². The molecule has 0 radical (unpaired) electrons. The number of nitriles is 2. The lowest BCUT2D eigenvalue weighted by Gasteiger charge is -2.11. The third-order valence-electron chi connectivity index (χ3n) is 3.09. The normalized spacial score (nSPS) is 9.60. The van der Waals surface area contributed by atoms with E-state index in [1.807, 2.05) is 31.2 Å². The SMILES string of the molecule is COc1[nH+]c(N)c(C#N)c(-c2ccccc2C)c1C#N. The smallest absolute Gasteiger partial charge is 0.300 e. The standard InChI is InChI=1S/C15H12N4O/c1-9-5-3-4-6-10(9)13-11(7-16)14(18)19-15(20-2)12(13)8-17/h3-6H,1-2H3,(H2,18,19)/p+1. The maximum atomic E-state index is 9.39. The number of methoxy groups -OCH3 is 1. The number of aromatic amines is 1. The summed E-state index contributed by atoms with van der Waals surface area (Å²) in [7, 11) is 1.44. The lowest BCUT2D eigenvalue weighted by atomic mass is 9.93. The predicted molar refractivity (Wildman–Crippen MR) is 73.6 cm³/mol. The molecule has 3 N–H and O–H groups in total. The van der Waals surface area contributed by atoms with E-state index in [4.69, 9.17) is 10.5 Å². The van der Waals surface area contributed by atoms with Crippen LogP contribution < -0.4 is 15.5 Å². The molecular formula is C15H13N4O+. The number of aryl methyl sites for hydroxylation is 1. The van der Waals surface area contributed by atoms with Gasteiger partial charge >= 0.3 is 5.88 Å². The van der Waals surface area contributed by atoms with Gasteiger partial charge in [-0.05, 0) is 18.1 Å². The number of nitrogen functional groups attached to an aromatic ring is 1. The lowest BCUT2D eigenvalue weighted by molar-refractivity contribution is -0.376. The summed E-state index contributed by atoms with van der Waals surface area (Å²) in [5.74, 6) is 0.434. The zero-order valence-electron chi connectivity index (χ0n) is 11.2. The first kappa shape index (κ1) is 13.4. The Morgan fingerprint density at radius 1 is 1.15 bits per heavy atom. The van der Waals surface area contributed by atoms with Crippen LogP contribution in [0.3, 0.4) is 0 Å². The molecule has 0 bridgehead atoms. The predicted octanol–water partition coefficient (Wildman–Crippen LogP) is 1.81. The molecule has 20 heavy (non-hydrogen) atoms. The second-order valence-corrected chi connectivity index (χ2v) is 4.24. The average Bonchev–Trinajstić information content (AvgIpc) is 2.46. The number of ether oxygens (including phenoxy) is 1. The van der Waals surface area contributed by atoms with Gasteiger partial charge in [0.15, 0.2) is 5.56 Å². The van der Waals surface area contributed by atoms with Crippen molar-refractivity contribution >= 4 is 5.82 Å². The van der Waals surface area contributed by atoms with Gasteiger partial charge < -0.3 is 4.74 Å². The molecule has 0 atom stereocenters. The number of pyridine rings is 1. The molecule has 0 spiro atoms. The van der Waals surface area contributed by atoms with Gasteiger partial charge in [0.2, 0.25) is 0 Å². The molecule has 1 aromatic heterocycles. The second-order valence-electron chi connectivity index (χ2n) is 4.24. The van der Waals surface area contributed by atoms with Crippen molar-refractivity contribution in [2.24, 2.45) is 0 Å². The van der Waals surface area contributed by atoms with E-state index in [2.05, 4.69) is 17.1 Å². The van der Waals surface area contributed by atoms with Crippen LogP contribution in [0.5, 0.6) is 5.88 Å². The summed E-state index contributed by atoms with van der Waals surface area (Å²) in [5, 5.41) is 18.7. The zero-order chi connectivity index (χ0) is 14.7. The Bertz CT molecular complexity index is 754. The number of rotatable bonds is 2. The Labute approximate surface area is 116 Å². The summed E-state index contributed by atoms with van der Waals surface area (Å²) in [6, 6.07) is 11.6. The highest BCUT2D eigenvalue weighted by Crippen LogP contribution is 2.34. The molecule has 0 saturated carbocycles. The molecule has 2 aromatic rings. The molecule has 0 aliphatic rings. The van der Waals surface area contributed by atoms with E-state index in [9.17, 15) is 10.5 Å². The van der Waals surface area contributed by atoms with Gasteiger partial charge in [0.05, 0.1) is 7.11 Å². The molecule has 0 saturated heterocycles. The van der Waals surface area contributed by atoms with Gasteiger partial charge in [-0.25, -0.2) is 4.98 Å². The van der Waals surface area contributed by atoms with Crippen molar-refractivity contribution < 1.29 is 9.72 Å². The number of hydrogen-bond donors (Lipinski definition) is 1. The fourth-order valence-corrected chi connectivity index (χ4v) is 2.12. The van der Waals surface area contributed by atoms with Crippen LogP contribution in [0.2, 0.25) is 0 Å². The molecule has 0 unspecified atom stereocenters. The maximum Gasteiger partial charge on any atom is 0.300 e. The quantitative estimate of drug-likeness (QED) is 0.895. The van der Waals surface area contributed by atoms with Gasteiger partial charge in [0, 0.05) is 5.56 Å².